The molecule has 10 aromatic rings. The molecule has 0 bridgehead atoms. The highest BCUT2D eigenvalue weighted by Crippen LogP contribution is 2.44. The van der Waals surface area contributed by atoms with Gasteiger partial charge in [0.2, 0.25) is 0 Å². The van der Waals surface area contributed by atoms with Crippen LogP contribution in [0.15, 0.2) is 199 Å². The van der Waals surface area contributed by atoms with Gasteiger partial charge in [0.05, 0.1) is 16.7 Å². The van der Waals surface area contributed by atoms with Gasteiger partial charge in [-0.25, -0.2) is 0 Å². The van der Waals surface area contributed by atoms with Crippen LogP contribution in [0.1, 0.15) is 0 Å². The molecule has 3 heteroatoms. The maximum absolute atomic E-state index is 6.58. The van der Waals surface area contributed by atoms with E-state index in [1.165, 1.54) is 38.5 Å². The second-order valence-electron chi connectivity index (χ2n) is 12.9. The first kappa shape index (κ1) is 29.1. The van der Waals surface area contributed by atoms with E-state index in [-0.39, 0.29) is 0 Å². The quantitative estimate of drug-likeness (QED) is 0.178. The number of anilines is 3. The summed E-state index contributed by atoms with van der Waals surface area (Å²) in [4.78, 5) is 2.31. The fourth-order valence-corrected chi connectivity index (χ4v) is 7.66. The molecular weight excluding hydrogens is 621 g/mol. The standard InChI is InChI=1S/C48H32N2O/c1-3-13-33(14-4-1)34-25-29-37(30-26-34)49(45-23-12-21-43-41-18-8-10-24-46(41)51-48(43)45)38-31-27-35(28-32-38)39-19-11-20-42-40-17-7-9-22-44(40)50(47(39)42)36-15-5-2-6-16-36/h1-32H. The highest BCUT2D eigenvalue weighted by atomic mass is 16.3. The van der Waals surface area contributed by atoms with Crippen molar-refractivity contribution in [3.05, 3.63) is 194 Å². The SMILES string of the molecule is c1ccc(-c2ccc(N(c3ccc(-c4cccc5c6ccccc6n(-c6ccccc6)c45)cc3)c3cccc4c3oc3ccccc34)cc2)cc1. The van der Waals surface area contributed by atoms with Gasteiger partial charge >= 0.3 is 0 Å². The van der Waals surface area contributed by atoms with E-state index in [4.69, 9.17) is 4.42 Å². The summed E-state index contributed by atoms with van der Waals surface area (Å²) in [5.41, 5.74) is 13.1. The number of furan rings is 1. The minimum atomic E-state index is 0.868. The highest BCUT2D eigenvalue weighted by Gasteiger charge is 2.21. The van der Waals surface area contributed by atoms with Crippen LogP contribution in [-0.2, 0) is 0 Å². The zero-order valence-electron chi connectivity index (χ0n) is 27.8. The lowest BCUT2D eigenvalue weighted by Crippen LogP contribution is -2.10. The molecule has 2 aromatic heterocycles. The third-order valence-electron chi connectivity index (χ3n) is 10.0. The molecule has 0 aliphatic carbocycles. The second-order valence-corrected chi connectivity index (χ2v) is 12.9. The smallest absolute Gasteiger partial charge is 0.159 e. The first-order chi connectivity index (χ1) is 25.3. The van der Waals surface area contributed by atoms with Crippen molar-refractivity contribution in [3.8, 4) is 27.9 Å². The fraction of sp³-hybridized carbons (Fsp3) is 0. The summed E-state index contributed by atoms with van der Waals surface area (Å²) in [5.74, 6) is 0. The molecule has 0 atom stereocenters. The van der Waals surface area contributed by atoms with Gasteiger partial charge in [-0.1, -0.05) is 140 Å². The van der Waals surface area contributed by atoms with Crippen LogP contribution < -0.4 is 4.90 Å². The molecule has 2 heterocycles. The Morgan fingerprint density at radius 3 is 1.73 bits per heavy atom. The molecule has 51 heavy (non-hydrogen) atoms. The van der Waals surface area contributed by atoms with Crippen molar-refractivity contribution < 1.29 is 4.42 Å². The third kappa shape index (κ3) is 4.82. The van der Waals surface area contributed by atoms with Crippen LogP contribution in [0.2, 0.25) is 0 Å². The Morgan fingerprint density at radius 1 is 0.392 bits per heavy atom. The Bertz CT molecular complexity index is 2830. The van der Waals surface area contributed by atoms with Crippen molar-refractivity contribution in [2.75, 3.05) is 4.90 Å². The lowest BCUT2D eigenvalue weighted by molar-refractivity contribution is 0.669. The van der Waals surface area contributed by atoms with Gasteiger partial charge in [-0.15, -0.1) is 0 Å². The first-order valence-corrected chi connectivity index (χ1v) is 17.4. The van der Waals surface area contributed by atoms with E-state index < -0.39 is 0 Å². The molecule has 0 N–H and O–H groups in total. The minimum Gasteiger partial charge on any atom is -0.454 e. The molecule has 0 saturated heterocycles. The van der Waals surface area contributed by atoms with E-state index >= 15 is 0 Å². The molecule has 3 nitrogen and oxygen atoms in total. The van der Waals surface area contributed by atoms with Gasteiger partial charge in [0.25, 0.3) is 0 Å². The predicted octanol–water partition coefficient (Wildman–Crippen LogP) is 13.5. The van der Waals surface area contributed by atoms with Crippen molar-refractivity contribution >= 4 is 60.8 Å². The number of hydrogen-bond acceptors (Lipinski definition) is 2. The summed E-state index contributed by atoms with van der Waals surface area (Å²) in [5, 5.41) is 4.71. The Labute approximate surface area is 295 Å². The largest absolute Gasteiger partial charge is 0.454 e. The Balaban J connectivity index is 1.14. The molecule has 0 saturated carbocycles. The molecule has 0 radical (unpaired) electrons. The van der Waals surface area contributed by atoms with Crippen molar-refractivity contribution in [1.82, 2.24) is 4.57 Å². The summed E-state index contributed by atoms with van der Waals surface area (Å²) >= 11 is 0. The monoisotopic (exact) mass is 652 g/mol. The molecule has 0 aliphatic rings. The lowest BCUT2D eigenvalue weighted by atomic mass is 10.0. The summed E-state index contributed by atoms with van der Waals surface area (Å²) in [6, 6.07) is 69.0. The Kier molecular flexibility index (Phi) is 6.81. The molecule has 10 rings (SSSR count). The van der Waals surface area contributed by atoms with Crippen LogP contribution in [0, 0.1) is 0 Å². The number of hydrogen-bond donors (Lipinski definition) is 0. The van der Waals surface area contributed by atoms with E-state index in [0.717, 1.165) is 50.3 Å². The van der Waals surface area contributed by atoms with Crippen LogP contribution >= 0.6 is 0 Å². The van der Waals surface area contributed by atoms with Gasteiger partial charge in [-0.05, 0) is 71.3 Å². The number of rotatable bonds is 6. The van der Waals surface area contributed by atoms with Crippen LogP contribution in [0.5, 0.6) is 0 Å². The van der Waals surface area contributed by atoms with Crippen LogP contribution in [0.3, 0.4) is 0 Å². The topological polar surface area (TPSA) is 21.3 Å². The van der Waals surface area contributed by atoms with Crippen molar-refractivity contribution in [2.45, 2.75) is 0 Å². The van der Waals surface area contributed by atoms with Gasteiger partial charge < -0.3 is 13.9 Å². The molecule has 240 valence electrons. The maximum Gasteiger partial charge on any atom is 0.159 e. The van der Waals surface area contributed by atoms with E-state index in [9.17, 15) is 0 Å². The highest BCUT2D eigenvalue weighted by molar-refractivity contribution is 6.14. The lowest BCUT2D eigenvalue weighted by Gasteiger charge is -2.26. The Morgan fingerprint density at radius 2 is 0.961 bits per heavy atom. The molecular formula is C48H32N2O. The number of para-hydroxylation sites is 5. The average molecular weight is 653 g/mol. The van der Waals surface area contributed by atoms with Crippen molar-refractivity contribution in [3.63, 3.8) is 0 Å². The summed E-state index contributed by atoms with van der Waals surface area (Å²) in [6.45, 7) is 0. The van der Waals surface area contributed by atoms with E-state index in [1.54, 1.807) is 0 Å². The van der Waals surface area contributed by atoms with Crippen molar-refractivity contribution in [2.24, 2.45) is 0 Å². The summed E-state index contributed by atoms with van der Waals surface area (Å²) in [6.07, 6.45) is 0. The molecule has 0 amide bonds. The zero-order chi connectivity index (χ0) is 33.7. The van der Waals surface area contributed by atoms with E-state index in [1.807, 2.05) is 12.1 Å². The zero-order valence-corrected chi connectivity index (χ0v) is 27.8. The van der Waals surface area contributed by atoms with E-state index in [0.29, 0.717) is 0 Å². The van der Waals surface area contributed by atoms with Gasteiger partial charge in [0.15, 0.2) is 5.58 Å². The predicted molar refractivity (Wildman–Crippen MR) is 214 cm³/mol. The first-order valence-electron chi connectivity index (χ1n) is 17.4. The van der Waals surface area contributed by atoms with Gasteiger partial charge in [0.1, 0.15) is 5.58 Å². The molecule has 8 aromatic carbocycles. The third-order valence-corrected chi connectivity index (χ3v) is 10.0. The van der Waals surface area contributed by atoms with Crippen LogP contribution in [0.25, 0.3) is 71.7 Å². The number of benzene rings is 8. The van der Waals surface area contributed by atoms with Crippen LogP contribution in [0.4, 0.5) is 17.1 Å². The van der Waals surface area contributed by atoms with Crippen LogP contribution in [-0.4, -0.2) is 4.57 Å². The number of aromatic nitrogens is 1. The maximum atomic E-state index is 6.58. The molecule has 0 fully saturated rings. The molecule has 0 unspecified atom stereocenters. The summed E-state index contributed by atoms with van der Waals surface area (Å²) < 4.78 is 8.98. The van der Waals surface area contributed by atoms with E-state index in [2.05, 4.69) is 191 Å². The Hall–Kier alpha value is -6.84. The number of fused-ring (bicyclic) bond motifs is 6. The van der Waals surface area contributed by atoms with Gasteiger partial charge in [-0.3, -0.25) is 0 Å². The van der Waals surface area contributed by atoms with Crippen molar-refractivity contribution in [1.29, 1.82) is 0 Å². The molecule has 0 aliphatic heterocycles. The van der Waals surface area contributed by atoms with Gasteiger partial charge in [-0.2, -0.15) is 0 Å². The second kappa shape index (κ2) is 11.9. The minimum absolute atomic E-state index is 0.868. The average Bonchev–Trinajstić information content (AvgIpc) is 3.76. The number of nitrogens with zero attached hydrogens (tertiary/aromatic N) is 2. The normalized spacial score (nSPS) is 11.5. The fourth-order valence-electron chi connectivity index (χ4n) is 7.66. The summed E-state index contributed by atoms with van der Waals surface area (Å²) in [7, 11) is 0. The van der Waals surface area contributed by atoms with Gasteiger partial charge in [0, 0.05) is 44.2 Å². The molecule has 0 spiro atoms.